The van der Waals surface area contributed by atoms with E-state index in [1.165, 1.54) is 0 Å². The minimum Gasteiger partial charge on any atom is -0.497 e. The van der Waals surface area contributed by atoms with Gasteiger partial charge in [-0.2, -0.15) is 0 Å². The molecule has 2 N–H and O–H groups in total. The highest BCUT2D eigenvalue weighted by molar-refractivity contribution is 5.89. The molecule has 0 fully saturated rings. The van der Waals surface area contributed by atoms with Gasteiger partial charge in [-0.1, -0.05) is 44.2 Å². The summed E-state index contributed by atoms with van der Waals surface area (Å²) in [5.41, 5.74) is 1.93. The number of hydrogen-bond acceptors (Lipinski definition) is 3. The minimum absolute atomic E-state index is 0.0975. The van der Waals surface area contributed by atoms with E-state index in [1.54, 1.807) is 31.4 Å². The summed E-state index contributed by atoms with van der Waals surface area (Å²) in [7, 11) is 1.62. The average molecular weight is 355 g/mol. The maximum absolute atomic E-state index is 12.4. The van der Waals surface area contributed by atoms with Crippen molar-refractivity contribution in [3.05, 3.63) is 65.2 Å². The van der Waals surface area contributed by atoms with Gasteiger partial charge in [-0.05, 0) is 41.7 Å². The first-order valence-electron chi connectivity index (χ1n) is 8.67. The Hall–Kier alpha value is -2.82. The van der Waals surface area contributed by atoms with E-state index < -0.39 is 5.97 Å². The number of carboxylic acids is 1. The molecule has 0 heterocycles. The van der Waals surface area contributed by atoms with E-state index in [1.807, 2.05) is 24.3 Å². The quantitative estimate of drug-likeness (QED) is 0.754. The van der Waals surface area contributed by atoms with Gasteiger partial charge in [0.2, 0.25) is 5.91 Å². The molecule has 1 amide bonds. The largest absolute Gasteiger partial charge is 0.497 e. The van der Waals surface area contributed by atoms with Crippen LogP contribution in [0.25, 0.3) is 0 Å². The number of carboxylic acid groups (broad SMARTS) is 1. The summed E-state index contributed by atoms with van der Waals surface area (Å²) in [5.74, 6) is -0.0782. The number of aryl methyl sites for hydroxylation is 1. The van der Waals surface area contributed by atoms with E-state index in [0.29, 0.717) is 12.0 Å². The summed E-state index contributed by atoms with van der Waals surface area (Å²) in [6.45, 7) is 4.10. The fourth-order valence-electron chi connectivity index (χ4n) is 2.89. The van der Waals surface area contributed by atoms with Crippen molar-refractivity contribution in [1.82, 2.24) is 5.32 Å². The van der Waals surface area contributed by atoms with Crippen molar-refractivity contribution in [3.63, 3.8) is 0 Å². The lowest BCUT2D eigenvalue weighted by molar-refractivity contribution is -0.122. The fraction of sp³-hybridized carbons (Fsp3) is 0.333. The topological polar surface area (TPSA) is 75.6 Å². The lowest BCUT2D eigenvalue weighted by Gasteiger charge is -2.23. The van der Waals surface area contributed by atoms with E-state index in [0.717, 1.165) is 11.3 Å². The molecule has 26 heavy (non-hydrogen) atoms. The van der Waals surface area contributed by atoms with Gasteiger partial charge in [-0.15, -0.1) is 0 Å². The van der Waals surface area contributed by atoms with Crippen LogP contribution in [0.5, 0.6) is 5.75 Å². The van der Waals surface area contributed by atoms with Gasteiger partial charge in [-0.25, -0.2) is 4.79 Å². The van der Waals surface area contributed by atoms with E-state index >= 15 is 0 Å². The molecule has 5 heteroatoms. The van der Waals surface area contributed by atoms with Crippen LogP contribution in [0.2, 0.25) is 0 Å². The monoisotopic (exact) mass is 355 g/mol. The fourth-order valence-corrected chi connectivity index (χ4v) is 2.89. The van der Waals surface area contributed by atoms with Gasteiger partial charge in [0.15, 0.2) is 0 Å². The molecule has 1 atom stereocenters. The molecule has 1 unspecified atom stereocenters. The predicted octanol–water partition coefficient (Wildman–Crippen LogP) is 3.84. The van der Waals surface area contributed by atoms with Gasteiger partial charge < -0.3 is 15.2 Å². The second kappa shape index (κ2) is 9.04. The van der Waals surface area contributed by atoms with Crippen LogP contribution < -0.4 is 10.1 Å². The SMILES string of the molecule is COc1ccc(C(NC(=O)CCc2ccccc2C(=O)O)C(C)C)cc1. The highest BCUT2D eigenvalue weighted by Gasteiger charge is 2.19. The van der Waals surface area contributed by atoms with Crippen molar-refractivity contribution in [2.24, 2.45) is 5.92 Å². The minimum atomic E-state index is -0.973. The number of carbonyl (C=O) groups excluding carboxylic acids is 1. The summed E-state index contributed by atoms with van der Waals surface area (Å²) in [6, 6.07) is 14.3. The lowest BCUT2D eigenvalue weighted by Crippen LogP contribution is -2.32. The van der Waals surface area contributed by atoms with Crippen molar-refractivity contribution < 1.29 is 19.4 Å². The van der Waals surface area contributed by atoms with Gasteiger partial charge in [0.25, 0.3) is 0 Å². The number of amides is 1. The number of methoxy groups -OCH3 is 1. The van der Waals surface area contributed by atoms with E-state index in [2.05, 4.69) is 19.2 Å². The molecule has 0 aliphatic rings. The molecule has 0 saturated heterocycles. The Labute approximate surface area is 154 Å². The number of carbonyl (C=O) groups is 2. The first kappa shape index (κ1) is 19.5. The third-order valence-corrected chi connectivity index (χ3v) is 4.33. The first-order valence-corrected chi connectivity index (χ1v) is 8.67. The molecule has 0 aromatic heterocycles. The number of ether oxygens (including phenoxy) is 1. The Bertz CT molecular complexity index is 753. The normalized spacial score (nSPS) is 11.8. The predicted molar refractivity (Wildman–Crippen MR) is 100 cm³/mol. The molecule has 2 aromatic carbocycles. The van der Waals surface area contributed by atoms with Gasteiger partial charge >= 0.3 is 5.97 Å². The highest BCUT2D eigenvalue weighted by atomic mass is 16.5. The molecule has 0 saturated carbocycles. The van der Waals surface area contributed by atoms with Crippen molar-refractivity contribution >= 4 is 11.9 Å². The molecular weight excluding hydrogens is 330 g/mol. The zero-order valence-corrected chi connectivity index (χ0v) is 15.4. The van der Waals surface area contributed by atoms with E-state index in [9.17, 15) is 14.7 Å². The summed E-state index contributed by atoms with van der Waals surface area (Å²) in [5, 5.41) is 12.3. The molecule has 138 valence electrons. The number of rotatable bonds is 8. The molecule has 2 rings (SSSR count). The van der Waals surface area contributed by atoms with Crippen molar-refractivity contribution in [2.45, 2.75) is 32.7 Å². The number of aromatic carboxylic acids is 1. The van der Waals surface area contributed by atoms with Crippen LogP contribution in [0, 0.1) is 5.92 Å². The molecular formula is C21H25NO4. The van der Waals surface area contributed by atoms with Gasteiger partial charge in [0.05, 0.1) is 18.7 Å². The Morgan fingerprint density at radius 3 is 2.31 bits per heavy atom. The molecule has 0 spiro atoms. The van der Waals surface area contributed by atoms with Crippen LogP contribution in [-0.4, -0.2) is 24.1 Å². The standard InChI is InChI=1S/C21H25NO4/c1-14(2)20(16-8-11-17(26-3)12-9-16)22-19(23)13-10-15-6-4-5-7-18(15)21(24)25/h4-9,11-12,14,20H,10,13H2,1-3H3,(H,22,23)(H,24,25). The van der Waals surface area contributed by atoms with Crippen LogP contribution >= 0.6 is 0 Å². The molecule has 0 aliphatic heterocycles. The summed E-state index contributed by atoms with van der Waals surface area (Å²) in [6.07, 6.45) is 0.630. The Morgan fingerprint density at radius 1 is 1.08 bits per heavy atom. The average Bonchev–Trinajstić information content (AvgIpc) is 2.64. The first-order chi connectivity index (χ1) is 12.4. The Morgan fingerprint density at radius 2 is 1.73 bits per heavy atom. The third-order valence-electron chi connectivity index (χ3n) is 4.33. The van der Waals surface area contributed by atoms with Crippen LogP contribution in [0.15, 0.2) is 48.5 Å². The number of benzene rings is 2. The third kappa shape index (κ3) is 5.09. The van der Waals surface area contributed by atoms with Crippen LogP contribution in [-0.2, 0) is 11.2 Å². The molecule has 2 aromatic rings. The van der Waals surface area contributed by atoms with Crippen molar-refractivity contribution in [3.8, 4) is 5.75 Å². The highest BCUT2D eigenvalue weighted by Crippen LogP contribution is 2.24. The summed E-state index contributed by atoms with van der Waals surface area (Å²) in [4.78, 5) is 23.7. The van der Waals surface area contributed by atoms with E-state index in [-0.39, 0.29) is 29.9 Å². The second-order valence-electron chi connectivity index (χ2n) is 6.52. The zero-order chi connectivity index (χ0) is 19.1. The molecule has 0 radical (unpaired) electrons. The zero-order valence-electron chi connectivity index (χ0n) is 15.4. The molecule has 5 nitrogen and oxygen atoms in total. The number of nitrogens with one attached hydrogen (secondary N) is 1. The summed E-state index contributed by atoms with van der Waals surface area (Å²) >= 11 is 0. The van der Waals surface area contributed by atoms with Crippen LogP contribution in [0.3, 0.4) is 0 Å². The maximum Gasteiger partial charge on any atom is 0.335 e. The maximum atomic E-state index is 12.4. The van der Waals surface area contributed by atoms with Gasteiger partial charge in [-0.3, -0.25) is 4.79 Å². The van der Waals surface area contributed by atoms with Crippen molar-refractivity contribution in [2.75, 3.05) is 7.11 Å². The Kier molecular flexibility index (Phi) is 6.78. The molecule has 0 aliphatic carbocycles. The smallest absolute Gasteiger partial charge is 0.335 e. The van der Waals surface area contributed by atoms with Crippen LogP contribution in [0.4, 0.5) is 0 Å². The second-order valence-corrected chi connectivity index (χ2v) is 6.52. The van der Waals surface area contributed by atoms with Crippen molar-refractivity contribution in [1.29, 1.82) is 0 Å². The van der Waals surface area contributed by atoms with Gasteiger partial charge in [0, 0.05) is 6.42 Å². The lowest BCUT2D eigenvalue weighted by atomic mass is 9.95. The Balaban J connectivity index is 2.03. The number of hydrogen-bond donors (Lipinski definition) is 2. The van der Waals surface area contributed by atoms with E-state index in [4.69, 9.17) is 4.74 Å². The van der Waals surface area contributed by atoms with Crippen LogP contribution in [0.1, 0.15) is 47.8 Å². The molecule has 0 bridgehead atoms. The summed E-state index contributed by atoms with van der Waals surface area (Å²) < 4.78 is 5.17. The van der Waals surface area contributed by atoms with Gasteiger partial charge in [0.1, 0.15) is 5.75 Å².